The number of nitrogens with zero attached hydrogens (tertiary/aromatic N) is 2. The van der Waals surface area contributed by atoms with Crippen LogP contribution in [0.4, 0.5) is 5.69 Å². The van der Waals surface area contributed by atoms with Crippen molar-refractivity contribution in [3.05, 3.63) is 59.2 Å². The van der Waals surface area contributed by atoms with E-state index in [0.717, 1.165) is 23.1 Å². The third kappa shape index (κ3) is 4.36. The number of amides is 1. The van der Waals surface area contributed by atoms with E-state index in [9.17, 15) is 18.3 Å². The van der Waals surface area contributed by atoms with Gasteiger partial charge in [-0.2, -0.15) is 0 Å². The van der Waals surface area contributed by atoms with Crippen molar-refractivity contribution < 1.29 is 18.3 Å². The van der Waals surface area contributed by atoms with Gasteiger partial charge in [0.2, 0.25) is 0 Å². The molecular formula is C21H26N2O4S. The van der Waals surface area contributed by atoms with Gasteiger partial charge in [-0.15, -0.1) is 0 Å². The second-order valence-corrected chi connectivity index (χ2v) is 9.31. The summed E-state index contributed by atoms with van der Waals surface area (Å²) in [5.74, 6) is -0.132. The molecule has 1 amide bonds. The Morgan fingerprint density at radius 2 is 1.64 bits per heavy atom. The first-order valence-electron chi connectivity index (χ1n) is 9.30. The van der Waals surface area contributed by atoms with Gasteiger partial charge >= 0.3 is 0 Å². The summed E-state index contributed by atoms with van der Waals surface area (Å²) in [7, 11) is -3.36. The van der Waals surface area contributed by atoms with E-state index in [1.54, 1.807) is 17.9 Å². The van der Waals surface area contributed by atoms with Gasteiger partial charge in [0.1, 0.15) is 0 Å². The zero-order valence-electron chi connectivity index (χ0n) is 16.4. The summed E-state index contributed by atoms with van der Waals surface area (Å²) < 4.78 is 23.6. The molecule has 0 bridgehead atoms. The Morgan fingerprint density at radius 1 is 1.04 bits per heavy atom. The molecule has 0 aromatic heterocycles. The fourth-order valence-corrected chi connectivity index (χ4v) is 4.01. The van der Waals surface area contributed by atoms with Crippen LogP contribution in [0, 0.1) is 6.92 Å². The van der Waals surface area contributed by atoms with Crippen molar-refractivity contribution in [2.45, 2.75) is 24.8 Å². The number of rotatable bonds is 4. The molecule has 1 aliphatic heterocycles. The van der Waals surface area contributed by atoms with E-state index in [2.05, 4.69) is 4.90 Å². The maximum Gasteiger partial charge on any atom is 0.254 e. The normalized spacial score (nSPS) is 16.1. The fraction of sp³-hybridized carbons (Fsp3) is 0.381. The Hall–Kier alpha value is -2.38. The number of piperazine rings is 1. The quantitative estimate of drug-likeness (QED) is 0.850. The number of carbonyl (C=O) groups is 1. The summed E-state index contributed by atoms with van der Waals surface area (Å²) >= 11 is 0. The highest BCUT2D eigenvalue weighted by Gasteiger charge is 2.24. The van der Waals surface area contributed by atoms with Gasteiger partial charge in [0.05, 0.1) is 11.0 Å². The fourth-order valence-electron chi connectivity index (χ4n) is 3.36. The molecule has 2 aromatic rings. The van der Waals surface area contributed by atoms with E-state index >= 15 is 0 Å². The number of carbonyl (C=O) groups excluding carboxylic acids is 1. The summed E-state index contributed by atoms with van der Waals surface area (Å²) in [4.78, 5) is 17.1. The van der Waals surface area contributed by atoms with Gasteiger partial charge in [-0.1, -0.05) is 18.2 Å². The molecule has 0 spiro atoms. The minimum Gasteiger partial charge on any atom is -0.389 e. The van der Waals surface area contributed by atoms with Gasteiger partial charge in [-0.3, -0.25) is 4.79 Å². The van der Waals surface area contributed by atoms with Crippen molar-refractivity contribution in [1.29, 1.82) is 0 Å². The van der Waals surface area contributed by atoms with Crippen molar-refractivity contribution >= 4 is 21.4 Å². The number of benzene rings is 2. The molecule has 1 fully saturated rings. The average Bonchev–Trinajstić information content (AvgIpc) is 2.67. The van der Waals surface area contributed by atoms with E-state index in [-0.39, 0.29) is 10.8 Å². The minimum atomic E-state index is -3.36. The lowest BCUT2D eigenvalue weighted by Gasteiger charge is -2.36. The molecular weight excluding hydrogens is 376 g/mol. The first-order valence-corrected chi connectivity index (χ1v) is 11.2. The SMILES string of the molecule is Cc1ccc(S(C)(=O)=O)cc1C(=O)N1CCN(c2ccc(C(C)O)cc2)CC1. The molecule has 0 radical (unpaired) electrons. The number of sulfone groups is 1. The number of anilines is 1. The van der Waals surface area contributed by atoms with Crippen molar-refractivity contribution in [3.63, 3.8) is 0 Å². The smallest absolute Gasteiger partial charge is 0.254 e. The Balaban J connectivity index is 1.70. The maximum atomic E-state index is 12.9. The summed E-state index contributed by atoms with van der Waals surface area (Å²) in [6, 6.07) is 12.5. The second-order valence-electron chi connectivity index (χ2n) is 7.30. The minimum absolute atomic E-state index is 0.132. The van der Waals surface area contributed by atoms with Crippen LogP contribution in [0.3, 0.4) is 0 Å². The first-order chi connectivity index (χ1) is 13.2. The highest BCUT2D eigenvalue weighted by atomic mass is 32.2. The Morgan fingerprint density at radius 3 is 2.18 bits per heavy atom. The molecule has 28 heavy (non-hydrogen) atoms. The van der Waals surface area contributed by atoms with Crippen LogP contribution in [0.5, 0.6) is 0 Å². The van der Waals surface area contributed by atoms with Gasteiger partial charge in [0, 0.05) is 43.7 Å². The Bertz CT molecular complexity index is 960. The van der Waals surface area contributed by atoms with Gasteiger partial charge in [-0.25, -0.2) is 8.42 Å². The zero-order chi connectivity index (χ0) is 20.5. The molecule has 6 nitrogen and oxygen atoms in total. The summed E-state index contributed by atoms with van der Waals surface area (Å²) in [6.07, 6.45) is 0.655. The van der Waals surface area contributed by atoms with E-state index in [1.165, 1.54) is 12.1 Å². The Kier molecular flexibility index (Phi) is 5.76. The largest absolute Gasteiger partial charge is 0.389 e. The van der Waals surface area contributed by atoms with Gasteiger partial charge < -0.3 is 14.9 Å². The number of hydrogen-bond acceptors (Lipinski definition) is 5. The van der Waals surface area contributed by atoms with E-state index in [0.29, 0.717) is 31.7 Å². The van der Waals surface area contributed by atoms with E-state index in [1.807, 2.05) is 31.2 Å². The number of hydrogen-bond donors (Lipinski definition) is 1. The van der Waals surface area contributed by atoms with Crippen LogP contribution < -0.4 is 4.90 Å². The average molecular weight is 403 g/mol. The number of aliphatic hydroxyl groups is 1. The van der Waals surface area contributed by atoms with E-state index in [4.69, 9.17) is 0 Å². The third-order valence-electron chi connectivity index (χ3n) is 5.18. The van der Waals surface area contributed by atoms with Crippen LogP contribution >= 0.6 is 0 Å². The molecule has 3 rings (SSSR count). The Labute approximate surface area is 166 Å². The maximum absolute atomic E-state index is 12.9. The highest BCUT2D eigenvalue weighted by molar-refractivity contribution is 7.90. The standard InChI is InChI=1S/C21H26N2O4S/c1-15-4-9-19(28(3,26)27)14-20(15)21(25)23-12-10-22(11-13-23)18-7-5-17(6-8-18)16(2)24/h4-9,14,16,24H,10-13H2,1-3H3. The predicted octanol–water partition coefficient (Wildman–Crippen LogP) is 2.41. The van der Waals surface area contributed by atoms with Crippen molar-refractivity contribution in [3.8, 4) is 0 Å². The monoisotopic (exact) mass is 402 g/mol. The van der Waals surface area contributed by atoms with Crippen molar-refractivity contribution in [2.75, 3.05) is 37.3 Å². The molecule has 1 atom stereocenters. The van der Waals surface area contributed by atoms with Gasteiger partial charge in [0.25, 0.3) is 5.91 Å². The molecule has 1 saturated heterocycles. The third-order valence-corrected chi connectivity index (χ3v) is 6.29. The van der Waals surface area contributed by atoms with Crippen LogP contribution in [-0.2, 0) is 9.84 Å². The lowest BCUT2D eigenvalue weighted by Crippen LogP contribution is -2.49. The molecule has 1 unspecified atom stereocenters. The van der Waals surface area contributed by atoms with Crippen LogP contribution in [0.15, 0.2) is 47.4 Å². The molecule has 1 N–H and O–H groups in total. The summed E-state index contributed by atoms with van der Waals surface area (Å²) in [6.45, 7) is 6.09. The molecule has 2 aromatic carbocycles. The first kappa shape index (κ1) is 20.4. The summed E-state index contributed by atoms with van der Waals surface area (Å²) in [5.41, 5.74) is 3.15. The zero-order valence-corrected chi connectivity index (χ0v) is 17.2. The lowest BCUT2D eigenvalue weighted by atomic mass is 10.1. The topological polar surface area (TPSA) is 77.9 Å². The molecule has 1 heterocycles. The lowest BCUT2D eigenvalue weighted by molar-refractivity contribution is 0.0745. The van der Waals surface area contributed by atoms with Crippen LogP contribution in [0.1, 0.15) is 34.5 Å². The van der Waals surface area contributed by atoms with Crippen LogP contribution in [0.25, 0.3) is 0 Å². The molecule has 0 aliphatic carbocycles. The molecule has 1 aliphatic rings. The van der Waals surface area contributed by atoms with Gasteiger partial charge in [-0.05, 0) is 49.2 Å². The predicted molar refractivity (Wildman–Crippen MR) is 109 cm³/mol. The van der Waals surface area contributed by atoms with Gasteiger partial charge in [0.15, 0.2) is 9.84 Å². The molecule has 0 saturated carbocycles. The van der Waals surface area contributed by atoms with Crippen molar-refractivity contribution in [2.24, 2.45) is 0 Å². The number of aryl methyl sites for hydroxylation is 1. The highest BCUT2D eigenvalue weighted by Crippen LogP contribution is 2.22. The second kappa shape index (κ2) is 7.93. The van der Waals surface area contributed by atoms with E-state index < -0.39 is 15.9 Å². The number of aliphatic hydroxyl groups excluding tert-OH is 1. The molecule has 150 valence electrons. The van der Waals surface area contributed by atoms with Crippen LogP contribution in [-0.4, -0.2) is 56.8 Å². The van der Waals surface area contributed by atoms with Crippen LogP contribution in [0.2, 0.25) is 0 Å². The molecule has 7 heteroatoms. The van der Waals surface area contributed by atoms with Crippen molar-refractivity contribution in [1.82, 2.24) is 4.90 Å². The summed E-state index contributed by atoms with van der Waals surface area (Å²) in [5, 5.41) is 9.63.